The number of thioether (sulfide) groups is 1. The summed E-state index contributed by atoms with van der Waals surface area (Å²) in [6.07, 6.45) is 1.62. The van der Waals surface area contributed by atoms with Crippen LogP contribution in [-0.2, 0) is 16.1 Å². The van der Waals surface area contributed by atoms with Crippen LogP contribution in [0, 0.1) is 0 Å². The molecule has 9 heteroatoms. The average molecular weight is 415 g/mol. The van der Waals surface area contributed by atoms with Crippen LogP contribution in [0.1, 0.15) is 10.4 Å². The van der Waals surface area contributed by atoms with Gasteiger partial charge in [-0.1, -0.05) is 17.8 Å². The maximum absolute atomic E-state index is 12.6. The first-order valence-electron chi connectivity index (χ1n) is 8.23. The zero-order valence-electron chi connectivity index (χ0n) is 15.0. The Morgan fingerprint density at radius 1 is 1.32 bits per heavy atom. The number of carbonyl (C=O) groups is 2. The molecule has 7 nitrogen and oxygen atoms in total. The first kappa shape index (κ1) is 19.8. The molecular formula is C19H17N3O4S2. The summed E-state index contributed by atoms with van der Waals surface area (Å²) < 4.78 is 6.14. The fourth-order valence-electron chi connectivity index (χ4n) is 2.47. The molecule has 0 saturated heterocycles. The number of hydrogen-bond donors (Lipinski definition) is 1. The number of hydrogen-bond acceptors (Lipinski definition) is 7. The minimum atomic E-state index is -0.441. The molecule has 1 amide bonds. The Morgan fingerprint density at radius 2 is 2.07 bits per heavy atom. The van der Waals surface area contributed by atoms with Crippen molar-refractivity contribution < 1.29 is 14.3 Å². The van der Waals surface area contributed by atoms with Gasteiger partial charge >= 0.3 is 5.97 Å². The molecule has 0 radical (unpaired) electrons. The Balaban J connectivity index is 1.70. The van der Waals surface area contributed by atoms with Crippen LogP contribution in [0.2, 0.25) is 0 Å². The first-order chi connectivity index (χ1) is 13.5. The lowest BCUT2D eigenvalue weighted by atomic mass is 10.2. The van der Waals surface area contributed by atoms with Gasteiger partial charge in [-0.15, -0.1) is 17.9 Å². The van der Waals surface area contributed by atoms with E-state index < -0.39 is 5.97 Å². The van der Waals surface area contributed by atoms with Crippen molar-refractivity contribution in [3.05, 3.63) is 64.3 Å². The van der Waals surface area contributed by atoms with Gasteiger partial charge in [0.25, 0.3) is 5.56 Å². The number of nitrogens with one attached hydrogen (secondary N) is 1. The van der Waals surface area contributed by atoms with Crippen LogP contribution in [0.15, 0.2) is 58.3 Å². The van der Waals surface area contributed by atoms with Gasteiger partial charge in [0, 0.05) is 12.2 Å². The molecular weight excluding hydrogens is 398 g/mol. The maximum Gasteiger partial charge on any atom is 0.337 e. The summed E-state index contributed by atoms with van der Waals surface area (Å²) in [7, 11) is 1.31. The summed E-state index contributed by atoms with van der Waals surface area (Å²) in [6, 6.07) is 8.14. The van der Waals surface area contributed by atoms with E-state index in [4.69, 9.17) is 0 Å². The number of thiophene rings is 1. The van der Waals surface area contributed by atoms with Crippen molar-refractivity contribution in [3.8, 4) is 0 Å². The molecule has 0 spiro atoms. The third-order valence-corrected chi connectivity index (χ3v) is 5.57. The Hall–Kier alpha value is -2.91. The molecule has 3 rings (SSSR count). The van der Waals surface area contributed by atoms with Gasteiger partial charge in [-0.05, 0) is 35.7 Å². The van der Waals surface area contributed by atoms with Gasteiger partial charge in [-0.25, -0.2) is 9.78 Å². The molecule has 2 heterocycles. The number of aromatic nitrogens is 2. The maximum atomic E-state index is 12.6. The lowest BCUT2D eigenvalue weighted by molar-refractivity contribution is -0.113. The van der Waals surface area contributed by atoms with Gasteiger partial charge < -0.3 is 10.1 Å². The first-order valence-corrected chi connectivity index (χ1v) is 10.1. The number of rotatable bonds is 7. The predicted octanol–water partition coefficient (Wildman–Crippen LogP) is 3.16. The van der Waals surface area contributed by atoms with Crippen molar-refractivity contribution in [2.75, 3.05) is 18.2 Å². The van der Waals surface area contributed by atoms with Crippen LogP contribution in [0.3, 0.4) is 0 Å². The molecule has 2 aromatic heterocycles. The summed E-state index contributed by atoms with van der Waals surface area (Å²) in [5.74, 6) is -0.607. The fourth-order valence-corrected chi connectivity index (χ4v) is 4.08. The minimum absolute atomic E-state index is 0.0826. The van der Waals surface area contributed by atoms with Gasteiger partial charge in [-0.3, -0.25) is 14.2 Å². The normalized spacial score (nSPS) is 10.6. The molecule has 0 saturated carbocycles. The van der Waals surface area contributed by atoms with Gasteiger partial charge in [0.05, 0.1) is 23.8 Å². The molecule has 144 valence electrons. The smallest absolute Gasteiger partial charge is 0.337 e. The van der Waals surface area contributed by atoms with Crippen LogP contribution < -0.4 is 10.9 Å². The average Bonchev–Trinajstić information content (AvgIpc) is 3.17. The lowest BCUT2D eigenvalue weighted by Gasteiger charge is -2.10. The Bertz CT molecular complexity index is 1090. The highest BCUT2D eigenvalue weighted by Crippen LogP contribution is 2.21. The highest BCUT2D eigenvalue weighted by Gasteiger charge is 2.14. The molecule has 1 aromatic carbocycles. The number of carbonyl (C=O) groups excluding carboxylic acids is 2. The quantitative estimate of drug-likeness (QED) is 0.276. The standard InChI is InChI=1S/C19H17N3O4S2/c1-3-9-22-17(24)14-8-10-27-16(14)21-19(22)28-11-15(23)20-13-6-4-12(5-7-13)18(25)26-2/h3-8,10H,1,9,11H2,2H3,(H,20,23). The number of fused-ring (bicyclic) bond motifs is 1. The van der Waals surface area contributed by atoms with Gasteiger partial charge in [0.2, 0.25) is 5.91 Å². The molecule has 0 fully saturated rings. The molecule has 0 bridgehead atoms. The van der Waals surface area contributed by atoms with E-state index in [0.29, 0.717) is 33.2 Å². The van der Waals surface area contributed by atoms with Gasteiger partial charge in [0.1, 0.15) is 4.83 Å². The van der Waals surface area contributed by atoms with E-state index in [9.17, 15) is 14.4 Å². The van der Waals surface area contributed by atoms with Crippen LogP contribution >= 0.6 is 23.1 Å². The second kappa shape index (κ2) is 8.85. The molecule has 3 aromatic rings. The second-order valence-corrected chi connectivity index (χ2v) is 7.48. The SMILES string of the molecule is C=CCn1c(SCC(=O)Nc2ccc(C(=O)OC)cc2)nc2sccc2c1=O. The summed E-state index contributed by atoms with van der Waals surface area (Å²) in [5.41, 5.74) is 0.813. The van der Waals surface area contributed by atoms with Crippen molar-refractivity contribution in [2.24, 2.45) is 0 Å². The number of anilines is 1. The van der Waals surface area contributed by atoms with Gasteiger partial charge in [-0.2, -0.15) is 0 Å². The molecule has 0 aliphatic heterocycles. The number of allylic oxidation sites excluding steroid dienone is 1. The molecule has 0 unspecified atom stereocenters. The van der Waals surface area contributed by atoms with Crippen molar-refractivity contribution in [2.45, 2.75) is 11.7 Å². The second-order valence-electron chi connectivity index (χ2n) is 5.64. The molecule has 1 N–H and O–H groups in total. The van der Waals surface area contributed by atoms with Crippen molar-refractivity contribution in [1.29, 1.82) is 0 Å². The fraction of sp³-hybridized carbons (Fsp3) is 0.158. The number of amides is 1. The Kier molecular flexibility index (Phi) is 6.27. The van der Waals surface area contributed by atoms with Crippen molar-refractivity contribution >= 4 is 50.9 Å². The zero-order valence-corrected chi connectivity index (χ0v) is 16.6. The topological polar surface area (TPSA) is 90.3 Å². The number of methoxy groups -OCH3 is 1. The Labute approximate surface area is 169 Å². The number of benzene rings is 1. The van der Waals surface area contributed by atoms with Crippen LogP contribution in [-0.4, -0.2) is 34.3 Å². The monoisotopic (exact) mass is 415 g/mol. The van der Waals surface area contributed by atoms with E-state index in [2.05, 4.69) is 21.6 Å². The summed E-state index contributed by atoms with van der Waals surface area (Å²) in [6.45, 7) is 3.99. The summed E-state index contributed by atoms with van der Waals surface area (Å²) >= 11 is 2.57. The van der Waals surface area contributed by atoms with E-state index in [-0.39, 0.29) is 17.2 Å². The zero-order chi connectivity index (χ0) is 20.1. The molecule has 28 heavy (non-hydrogen) atoms. The van der Waals surface area contributed by atoms with E-state index in [0.717, 1.165) is 0 Å². The summed E-state index contributed by atoms with van der Waals surface area (Å²) in [4.78, 5) is 41.4. The van der Waals surface area contributed by atoms with Crippen LogP contribution in [0.25, 0.3) is 10.2 Å². The van der Waals surface area contributed by atoms with Gasteiger partial charge in [0.15, 0.2) is 5.16 Å². The number of esters is 1. The van der Waals surface area contributed by atoms with Crippen molar-refractivity contribution in [1.82, 2.24) is 9.55 Å². The number of ether oxygens (including phenoxy) is 1. The summed E-state index contributed by atoms with van der Waals surface area (Å²) in [5, 5.41) is 5.60. The number of nitrogens with zero attached hydrogens (tertiary/aromatic N) is 2. The predicted molar refractivity (Wildman–Crippen MR) is 111 cm³/mol. The highest BCUT2D eigenvalue weighted by atomic mass is 32.2. The minimum Gasteiger partial charge on any atom is -0.465 e. The van der Waals surface area contributed by atoms with E-state index in [1.54, 1.807) is 36.4 Å². The van der Waals surface area contributed by atoms with E-state index >= 15 is 0 Å². The van der Waals surface area contributed by atoms with Crippen LogP contribution in [0.4, 0.5) is 5.69 Å². The van der Waals surface area contributed by atoms with E-state index in [1.807, 2.05) is 5.38 Å². The van der Waals surface area contributed by atoms with E-state index in [1.165, 1.54) is 34.8 Å². The van der Waals surface area contributed by atoms with Crippen LogP contribution in [0.5, 0.6) is 0 Å². The highest BCUT2D eigenvalue weighted by molar-refractivity contribution is 7.99. The Morgan fingerprint density at radius 3 is 2.75 bits per heavy atom. The molecule has 0 atom stereocenters. The van der Waals surface area contributed by atoms with Crippen molar-refractivity contribution in [3.63, 3.8) is 0 Å². The third-order valence-electron chi connectivity index (χ3n) is 3.78. The lowest BCUT2D eigenvalue weighted by Crippen LogP contribution is -2.23. The molecule has 0 aliphatic rings. The third kappa shape index (κ3) is 4.32. The molecule has 0 aliphatic carbocycles. The largest absolute Gasteiger partial charge is 0.465 e.